The van der Waals surface area contributed by atoms with Crippen molar-refractivity contribution in [1.29, 1.82) is 0 Å². The van der Waals surface area contributed by atoms with Gasteiger partial charge < -0.3 is 10.5 Å². The number of benzene rings is 1. The zero-order chi connectivity index (χ0) is 12.4. The second kappa shape index (κ2) is 5.16. The Morgan fingerprint density at radius 2 is 2.18 bits per heavy atom. The Bertz CT molecular complexity index is 529. The lowest BCUT2D eigenvalue weighted by molar-refractivity contribution is 0.406. The number of thiophene rings is 1. The molecule has 0 bridgehead atoms. The molecule has 0 saturated carbocycles. The quantitative estimate of drug-likeness (QED) is 0.937. The maximum atomic E-state index is 13.2. The van der Waals surface area contributed by atoms with E-state index in [-0.39, 0.29) is 11.9 Å². The van der Waals surface area contributed by atoms with E-state index in [1.165, 1.54) is 12.1 Å². The van der Waals surface area contributed by atoms with E-state index in [4.69, 9.17) is 10.5 Å². The monoisotopic (exact) mass is 315 g/mol. The number of methoxy groups -OCH3 is 1. The number of hydrogen-bond acceptors (Lipinski definition) is 3. The number of hydrogen-bond donors (Lipinski definition) is 1. The molecule has 2 N–H and O–H groups in total. The highest BCUT2D eigenvalue weighted by atomic mass is 79.9. The molecule has 0 fully saturated rings. The van der Waals surface area contributed by atoms with Crippen molar-refractivity contribution in [3.63, 3.8) is 0 Å². The number of ether oxygens (including phenoxy) is 1. The molecule has 0 saturated heterocycles. The summed E-state index contributed by atoms with van der Waals surface area (Å²) in [6.45, 7) is 0. The molecule has 2 aromatic rings. The van der Waals surface area contributed by atoms with Crippen molar-refractivity contribution >= 4 is 27.3 Å². The predicted octanol–water partition coefficient (Wildman–Crippen LogP) is 3.71. The van der Waals surface area contributed by atoms with Gasteiger partial charge in [0.25, 0.3) is 0 Å². The van der Waals surface area contributed by atoms with Gasteiger partial charge >= 0.3 is 0 Å². The fraction of sp³-hybridized carbons (Fsp3) is 0.167. The standard InChI is InChI=1S/C12H11BrFNOS/c1-16-10-3-2-8(14)5-9(10)12(15)7-4-11(13)17-6-7/h2-6,12H,15H2,1H3. The third-order valence-electron chi connectivity index (χ3n) is 2.47. The van der Waals surface area contributed by atoms with Gasteiger partial charge in [0.05, 0.1) is 16.9 Å². The van der Waals surface area contributed by atoms with Gasteiger partial charge in [0, 0.05) is 5.56 Å². The lowest BCUT2D eigenvalue weighted by Crippen LogP contribution is -2.12. The molecular weight excluding hydrogens is 305 g/mol. The van der Waals surface area contributed by atoms with Crippen LogP contribution in [0.5, 0.6) is 5.75 Å². The van der Waals surface area contributed by atoms with Crippen LogP contribution in [0.3, 0.4) is 0 Å². The summed E-state index contributed by atoms with van der Waals surface area (Å²) in [7, 11) is 1.55. The first kappa shape index (κ1) is 12.5. The van der Waals surface area contributed by atoms with Crippen molar-refractivity contribution in [1.82, 2.24) is 0 Å². The van der Waals surface area contributed by atoms with E-state index in [0.717, 1.165) is 9.35 Å². The Morgan fingerprint density at radius 3 is 2.76 bits per heavy atom. The maximum absolute atomic E-state index is 13.2. The maximum Gasteiger partial charge on any atom is 0.124 e. The van der Waals surface area contributed by atoms with Gasteiger partial charge in [-0.1, -0.05) is 0 Å². The Balaban J connectivity index is 2.42. The van der Waals surface area contributed by atoms with Crippen LogP contribution in [0.25, 0.3) is 0 Å². The van der Waals surface area contributed by atoms with Crippen molar-refractivity contribution in [2.24, 2.45) is 5.73 Å². The fourth-order valence-electron chi connectivity index (χ4n) is 1.61. The van der Waals surface area contributed by atoms with Crippen LogP contribution < -0.4 is 10.5 Å². The summed E-state index contributed by atoms with van der Waals surface area (Å²) in [6, 6.07) is 5.91. The van der Waals surface area contributed by atoms with Gasteiger partial charge in [-0.05, 0) is 51.1 Å². The third kappa shape index (κ3) is 2.68. The van der Waals surface area contributed by atoms with Crippen LogP contribution >= 0.6 is 27.3 Å². The molecule has 0 amide bonds. The van der Waals surface area contributed by atoms with Crippen molar-refractivity contribution in [2.45, 2.75) is 6.04 Å². The van der Waals surface area contributed by atoms with Gasteiger partial charge in [0.2, 0.25) is 0 Å². The molecule has 5 heteroatoms. The Kier molecular flexibility index (Phi) is 3.81. The molecule has 2 nitrogen and oxygen atoms in total. The fourth-order valence-corrected chi connectivity index (χ4v) is 2.83. The van der Waals surface area contributed by atoms with Gasteiger partial charge in [0.15, 0.2) is 0 Å². The van der Waals surface area contributed by atoms with E-state index < -0.39 is 0 Å². The second-order valence-corrected chi connectivity index (χ2v) is 5.84. The first-order valence-corrected chi connectivity index (χ1v) is 6.62. The Hall–Kier alpha value is -0.910. The Morgan fingerprint density at radius 1 is 1.41 bits per heavy atom. The molecule has 1 unspecified atom stereocenters. The highest BCUT2D eigenvalue weighted by molar-refractivity contribution is 9.11. The summed E-state index contributed by atoms with van der Waals surface area (Å²) in [4.78, 5) is 0. The number of nitrogens with two attached hydrogens (primary N) is 1. The van der Waals surface area contributed by atoms with Crippen LogP contribution in [-0.2, 0) is 0 Å². The molecule has 0 aliphatic carbocycles. The lowest BCUT2D eigenvalue weighted by atomic mass is 10.0. The molecule has 1 heterocycles. The van der Waals surface area contributed by atoms with Gasteiger partial charge in [-0.3, -0.25) is 0 Å². The van der Waals surface area contributed by atoms with Crippen molar-refractivity contribution in [3.8, 4) is 5.75 Å². The minimum absolute atomic E-state index is 0.314. The number of rotatable bonds is 3. The van der Waals surface area contributed by atoms with E-state index in [1.807, 2.05) is 11.4 Å². The van der Waals surface area contributed by atoms with Gasteiger partial charge in [-0.25, -0.2) is 4.39 Å². The van der Waals surface area contributed by atoms with Crippen LogP contribution in [0.15, 0.2) is 33.4 Å². The van der Waals surface area contributed by atoms with E-state index in [1.54, 1.807) is 24.5 Å². The molecule has 0 radical (unpaired) electrons. The number of halogens is 2. The second-order valence-electron chi connectivity index (χ2n) is 3.55. The van der Waals surface area contributed by atoms with Crippen molar-refractivity contribution in [3.05, 3.63) is 50.4 Å². The molecule has 1 aromatic heterocycles. The highest BCUT2D eigenvalue weighted by Crippen LogP contribution is 2.32. The van der Waals surface area contributed by atoms with E-state index >= 15 is 0 Å². The predicted molar refractivity (Wildman–Crippen MR) is 71.0 cm³/mol. The zero-order valence-corrected chi connectivity index (χ0v) is 11.5. The highest BCUT2D eigenvalue weighted by Gasteiger charge is 2.16. The van der Waals surface area contributed by atoms with E-state index in [9.17, 15) is 4.39 Å². The van der Waals surface area contributed by atoms with Crippen LogP contribution in [0.1, 0.15) is 17.2 Å². The summed E-state index contributed by atoms with van der Waals surface area (Å²) < 4.78 is 19.4. The molecule has 0 aliphatic heterocycles. The van der Waals surface area contributed by atoms with Crippen LogP contribution in [0.4, 0.5) is 4.39 Å². The topological polar surface area (TPSA) is 35.2 Å². The summed E-state index contributed by atoms with van der Waals surface area (Å²) >= 11 is 4.93. The summed E-state index contributed by atoms with van der Waals surface area (Å²) in [5, 5.41) is 1.94. The van der Waals surface area contributed by atoms with Crippen molar-refractivity contribution in [2.75, 3.05) is 7.11 Å². The first-order valence-electron chi connectivity index (χ1n) is 4.94. The minimum Gasteiger partial charge on any atom is -0.496 e. The average molecular weight is 316 g/mol. The molecule has 2 rings (SSSR count). The first-order chi connectivity index (χ1) is 8.11. The SMILES string of the molecule is COc1ccc(F)cc1C(N)c1csc(Br)c1. The molecule has 17 heavy (non-hydrogen) atoms. The smallest absolute Gasteiger partial charge is 0.124 e. The van der Waals surface area contributed by atoms with Crippen molar-refractivity contribution < 1.29 is 9.13 Å². The largest absolute Gasteiger partial charge is 0.496 e. The summed E-state index contributed by atoms with van der Waals surface area (Å²) in [5.74, 6) is 0.284. The van der Waals surface area contributed by atoms with Gasteiger partial charge in [-0.15, -0.1) is 11.3 Å². The van der Waals surface area contributed by atoms with Crippen LogP contribution in [-0.4, -0.2) is 7.11 Å². The Labute approximate surface area is 111 Å². The normalized spacial score (nSPS) is 12.5. The third-order valence-corrected chi connectivity index (χ3v) is 4.00. The average Bonchev–Trinajstić information content (AvgIpc) is 2.75. The zero-order valence-electron chi connectivity index (χ0n) is 9.11. The molecule has 1 atom stereocenters. The van der Waals surface area contributed by atoms with Crippen LogP contribution in [0, 0.1) is 5.82 Å². The lowest BCUT2D eigenvalue weighted by Gasteiger charge is -2.14. The molecule has 0 aliphatic rings. The molecule has 1 aromatic carbocycles. The molecule has 0 spiro atoms. The minimum atomic E-state index is -0.386. The molecular formula is C12H11BrFNOS. The van der Waals surface area contributed by atoms with Gasteiger partial charge in [0.1, 0.15) is 11.6 Å². The summed E-state index contributed by atoms with van der Waals surface area (Å²) in [6.07, 6.45) is 0. The molecule has 90 valence electrons. The van der Waals surface area contributed by atoms with E-state index in [0.29, 0.717) is 11.3 Å². The van der Waals surface area contributed by atoms with Gasteiger partial charge in [-0.2, -0.15) is 0 Å². The van der Waals surface area contributed by atoms with Crippen LogP contribution in [0.2, 0.25) is 0 Å². The summed E-state index contributed by atoms with van der Waals surface area (Å²) in [5.41, 5.74) is 7.70. The van der Waals surface area contributed by atoms with E-state index in [2.05, 4.69) is 15.9 Å².